The maximum Gasteiger partial charge on any atom is 0.573 e. The molecule has 3 aromatic rings. The number of hydrogen-bond acceptors (Lipinski definition) is 6. The van der Waals surface area contributed by atoms with Crippen LogP contribution in [0.15, 0.2) is 42.9 Å². The summed E-state index contributed by atoms with van der Waals surface area (Å²) in [5, 5.41) is 3.32. The van der Waals surface area contributed by atoms with Crippen LogP contribution in [0.3, 0.4) is 0 Å². The number of benzene rings is 1. The molecule has 1 atom stereocenters. The summed E-state index contributed by atoms with van der Waals surface area (Å²) in [6, 6.07) is 4.99. The van der Waals surface area contributed by atoms with Crippen molar-refractivity contribution in [3.8, 4) is 17.0 Å². The largest absolute Gasteiger partial charge is 0.573 e. The number of hydrogen-bond donors (Lipinski definition) is 1. The standard InChI is InChI=1S/C28H35F3N6O2/c1-20(27(38)36-17-15-35(16-18-36)13-11-21-5-3-2-4-6-21)33-26-25(34-24-19-32-12-14-37(24)26)22-7-9-23(10-8-22)39-28(29,30)31/h7-10,12,14,19-21,33H,2-6,11,13,15-18H2,1H3. The molecule has 1 N–H and O–H groups in total. The van der Waals surface area contributed by atoms with Gasteiger partial charge in [-0.25, -0.2) is 4.98 Å². The minimum Gasteiger partial charge on any atom is -0.406 e. The van der Waals surface area contributed by atoms with Gasteiger partial charge in [0.2, 0.25) is 5.91 Å². The average molecular weight is 545 g/mol. The smallest absolute Gasteiger partial charge is 0.406 e. The molecule has 8 nitrogen and oxygen atoms in total. The fourth-order valence-corrected chi connectivity index (χ4v) is 5.63. The maximum atomic E-state index is 13.4. The van der Waals surface area contributed by atoms with E-state index in [0.29, 0.717) is 35.8 Å². The second-order valence-electron chi connectivity index (χ2n) is 10.5. The molecule has 2 aromatic heterocycles. The van der Waals surface area contributed by atoms with Crippen LogP contribution in [0.25, 0.3) is 16.9 Å². The first-order valence-corrected chi connectivity index (χ1v) is 13.7. The normalized spacial score (nSPS) is 18.3. The third kappa shape index (κ3) is 6.81. The minimum atomic E-state index is -4.76. The molecule has 210 valence electrons. The number of nitrogens with zero attached hydrogens (tertiary/aromatic N) is 5. The first-order valence-electron chi connectivity index (χ1n) is 13.7. The lowest BCUT2D eigenvalue weighted by molar-refractivity contribution is -0.274. The Morgan fingerprint density at radius 2 is 1.82 bits per heavy atom. The molecule has 2 fully saturated rings. The van der Waals surface area contributed by atoms with E-state index in [1.165, 1.54) is 62.8 Å². The van der Waals surface area contributed by atoms with Crippen molar-refractivity contribution in [2.24, 2.45) is 5.92 Å². The molecule has 0 bridgehead atoms. The molecule has 3 heterocycles. The van der Waals surface area contributed by atoms with E-state index in [1.807, 2.05) is 11.8 Å². The van der Waals surface area contributed by atoms with E-state index in [1.54, 1.807) is 23.0 Å². The Hall–Kier alpha value is -3.34. The van der Waals surface area contributed by atoms with Crippen LogP contribution in [0.2, 0.25) is 0 Å². The molecule has 39 heavy (non-hydrogen) atoms. The van der Waals surface area contributed by atoms with Gasteiger partial charge in [0.25, 0.3) is 0 Å². The number of nitrogens with one attached hydrogen (secondary N) is 1. The Balaban J connectivity index is 1.24. The highest BCUT2D eigenvalue weighted by Crippen LogP contribution is 2.32. The molecule has 11 heteroatoms. The fourth-order valence-electron chi connectivity index (χ4n) is 5.63. The number of anilines is 1. The summed E-state index contributed by atoms with van der Waals surface area (Å²) >= 11 is 0. The van der Waals surface area contributed by atoms with Crippen molar-refractivity contribution in [3.05, 3.63) is 42.9 Å². The van der Waals surface area contributed by atoms with E-state index >= 15 is 0 Å². The molecule has 1 saturated heterocycles. The number of alkyl halides is 3. The van der Waals surface area contributed by atoms with Gasteiger partial charge in [0, 0.05) is 44.1 Å². The lowest BCUT2D eigenvalue weighted by atomic mass is 9.87. The van der Waals surface area contributed by atoms with Crippen molar-refractivity contribution in [1.82, 2.24) is 24.2 Å². The lowest BCUT2D eigenvalue weighted by Crippen LogP contribution is -2.52. The van der Waals surface area contributed by atoms with Gasteiger partial charge in [-0.05, 0) is 50.1 Å². The Labute approximate surface area is 226 Å². The van der Waals surface area contributed by atoms with E-state index in [2.05, 4.69) is 24.9 Å². The van der Waals surface area contributed by atoms with Gasteiger partial charge in [-0.1, -0.05) is 32.1 Å². The molecule has 5 rings (SSSR count). The molecule has 2 aliphatic rings. The molecule has 1 saturated carbocycles. The van der Waals surface area contributed by atoms with Gasteiger partial charge in [-0.2, -0.15) is 0 Å². The lowest BCUT2D eigenvalue weighted by Gasteiger charge is -2.37. The quantitative estimate of drug-likeness (QED) is 0.420. The fraction of sp³-hybridized carbons (Fsp3) is 0.536. The van der Waals surface area contributed by atoms with Crippen LogP contribution in [0.5, 0.6) is 5.75 Å². The van der Waals surface area contributed by atoms with Gasteiger partial charge in [0.15, 0.2) is 5.65 Å². The van der Waals surface area contributed by atoms with E-state index in [9.17, 15) is 18.0 Å². The zero-order chi connectivity index (χ0) is 27.4. The van der Waals surface area contributed by atoms with Crippen LogP contribution < -0.4 is 10.1 Å². The van der Waals surface area contributed by atoms with Gasteiger partial charge >= 0.3 is 6.36 Å². The molecule has 1 unspecified atom stereocenters. The predicted molar refractivity (Wildman–Crippen MR) is 142 cm³/mol. The SMILES string of the molecule is CC(Nc1c(-c2ccc(OC(F)(F)F)cc2)nc2cnccn12)C(=O)N1CCN(CCC2CCCCC2)CC1. The van der Waals surface area contributed by atoms with Crippen LogP contribution >= 0.6 is 0 Å². The highest BCUT2D eigenvalue weighted by Gasteiger charge is 2.31. The van der Waals surface area contributed by atoms with E-state index in [0.717, 1.165) is 25.6 Å². The third-order valence-electron chi connectivity index (χ3n) is 7.78. The van der Waals surface area contributed by atoms with Gasteiger partial charge in [-0.15, -0.1) is 13.2 Å². The maximum absolute atomic E-state index is 13.4. The van der Waals surface area contributed by atoms with Crippen LogP contribution in [0.4, 0.5) is 19.0 Å². The number of rotatable bonds is 8. The monoisotopic (exact) mass is 544 g/mol. The highest BCUT2D eigenvalue weighted by atomic mass is 19.4. The zero-order valence-corrected chi connectivity index (χ0v) is 22.2. The van der Waals surface area contributed by atoms with Crippen LogP contribution in [0.1, 0.15) is 45.4 Å². The summed E-state index contributed by atoms with van der Waals surface area (Å²) in [7, 11) is 0. The number of piperazine rings is 1. The number of ether oxygens (including phenoxy) is 1. The summed E-state index contributed by atoms with van der Waals surface area (Å²) in [6.07, 6.45) is 8.24. The molecule has 1 aliphatic heterocycles. The molecule has 1 aliphatic carbocycles. The second kappa shape index (κ2) is 11.8. The number of imidazole rings is 1. The Morgan fingerprint density at radius 1 is 1.10 bits per heavy atom. The number of halogens is 3. The Bertz CT molecular complexity index is 1250. The first-order chi connectivity index (χ1) is 18.8. The van der Waals surface area contributed by atoms with Crippen LogP contribution in [0, 0.1) is 5.92 Å². The molecule has 1 amide bonds. The van der Waals surface area contributed by atoms with Gasteiger partial charge in [0.05, 0.1) is 6.20 Å². The highest BCUT2D eigenvalue weighted by molar-refractivity contribution is 5.86. The van der Waals surface area contributed by atoms with Crippen molar-refractivity contribution in [2.75, 3.05) is 38.0 Å². The van der Waals surface area contributed by atoms with Gasteiger partial charge < -0.3 is 15.0 Å². The van der Waals surface area contributed by atoms with Crippen LogP contribution in [-0.4, -0.2) is 75.2 Å². The zero-order valence-electron chi connectivity index (χ0n) is 22.2. The van der Waals surface area contributed by atoms with Crippen molar-refractivity contribution < 1.29 is 22.7 Å². The van der Waals surface area contributed by atoms with Crippen LogP contribution in [-0.2, 0) is 4.79 Å². The number of carbonyl (C=O) groups is 1. The molecule has 0 radical (unpaired) electrons. The summed E-state index contributed by atoms with van der Waals surface area (Å²) in [6.45, 7) is 6.07. The van der Waals surface area contributed by atoms with E-state index < -0.39 is 12.4 Å². The number of fused-ring (bicyclic) bond motifs is 1. The topological polar surface area (TPSA) is 75.0 Å². The first kappa shape index (κ1) is 27.2. The average Bonchev–Trinajstić information content (AvgIpc) is 3.30. The summed E-state index contributed by atoms with van der Waals surface area (Å²) in [5.41, 5.74) is 1.65. The van der Waals surface area contributed by atoms with Gasteiger partial charge in [0.1, 0.15) is 23.3 Å². The number of carbonyl (C=O) groups excluding carboxylic acids is 1. The summed E-state index contributed by atoms with van der Waals surface area (Å²) in [5.74, 6) is 1.12. The number of amides is 1. The van der Waals surface area contributed by atoms with Gasteiger partial charge in [-0.3, -0.25) is 19.1 Å². The predicted octanol–water partition coefficient (Wildman–Crippen LogP) is 5.21. The van der Waals surface area contributed by atoms with Crippen molar-refractivity contribution >= 4 is 17.4 Å². The van der Waals surface area contributed by atoms with E-state index in [4.69, 9.17) is 0 Å². The molecule has 0 spiro atoms. The Morgan fingerprint density at radius 3 is 2.51 bits per heavy atom. The van der Waals surface area contributed by atoms with Crippen molar-refractivity contribution in [2.45, 2.75) is 57.9 Å². The van der Waals surface area contributed by atoms with E-state index in [-0.39, 0.29) is 11.7 Å². The number of aromatic nitrogens is 3. The molecular weight excluding hydrogens is 509 g/mol. The molecule has 1 aromatic carbocycles. The Kier molecular flexibility index (Phi) is 8.25. The summed E-state index contributed by atoms with van der Waals surface area (Å²) < 4.78 is 43.5. The summed E-state index contributed by atoms with van der Waals surface area (Å²) in [4.78, 5) is 26.5. The second-order valence-corrected chi connectivity index (χ2v) is 10.5. The third-order valence-corrected chi connectivity index (χ3v) is 7.78. The van der Waals surface area contributed by atoms with Crippen molar-refractivity contribution in [3.63, 3.8) is 0 Å². The van der Waals surface area contributed by atoms with Crippen molar-refractivity contribution in [1.29, 1.82) is 0 Å². The molecular formula is C28H35F3N6O2. The minimum absolute atomic E-state index is 0.00538.